The Hall–Kier alpha value is -1.39. The van der Waals surface area contributed by atoms with Gasteiger partial charge in [-0.3, -0.25) is 9.59 Å². The van der Waals surface area contributed by atoms with Crippen LogP contribution < -0.4 is 4.90 Å². The number of hydrogen-bond acceptors (Lipinski definition) is 3. The highest BCUT2D eigenvalue weighted by Crippen LogP contribution is 2.23. The van der Waals surface area contributed by atoms with Crippen LogP contribution in [0.1, 0.15) is 12.8 Å². The minimum absolute atomic E-state index is 0.0359. The Balaban J connectivity index is 2.25. The monoisotopic (exact) mass is 280 g/mol. The molecule has 1 aromatic carbocycles. The van der Waals surface area contributed by atoms with E-state index in [-0.39, 0.29) is 6.04 Å². The molecule has 19 heavy (non-hydrogen) atoms. The lowest BCUT2D eigenvalue weighted by Crippen LogP contribution is -2.48. The molecule has 0 radical (unpaired) electrons. The largest absolute Gasteiger partial charge is 0.311 e. The molecule has 0 saturated carbocycles. The van der Waals surface area contributed by atoms with Crippen LogP contribution in [-0.4, -0.2) is 42.2 Å². The molecular weight excluding hydrogens is 264 g/mol. The van der Waals surface area contributed by atoms with E-state index in [9.17, 15) is 9.59 Å². The number of nitrogens with zero attached hydrogens (tertiary/aromatic N) is 2. The van der Waals surface area contributed by atoms with Crippen LogP contribution in [-0.2, 0) is 9.59 Å². The predicted molar refractivity (Wildman–Crippen MR) is 75.3 cm³/mol. The van der Waals surface area contributed by atoms with Crippen LogP contribution in [0.4, 0.5) is 5.69 Å². The molecular formula is C14H17ClN2O2. The van der Waals surface area contributed by atoms with E-state index in [0.29, 0.717) is 0 Å². The molecule has 1 aliphatic rings. The average molecular weight is 281 g/mol. The highest BCUT2D eigenvalue weighted by atomic mass is 35.5. The summed E-state index contributed by atoms with van der Waals surface area (Å²) < 4.78 is 0. The number of piperidine rings is 1. The number of carbonyl (C=O) groups is 2. The molecule has 0 unspecified atom stereocenters. The number of anilines is 1. The van der Waals surface area contributed by atoms with Gasteiger partial charge >= 0.3 is 11.1 Å². The minimum Gasteiger partial charge on any atom is -0.306 e. The first kappa shape index (κ1) is 14.0. The molecule has 4 nitrogen and oxygen atoms in total. The summed E-state index contributed by atoms with van der Waals surface area (Å²) >= 11 is 5.38. The van der Waals surface area contributed by atoms with Gasteiger partial charge in [-0.05, 0) is 56.7 Å². The molecule has 0 aliphatic carbocycles. The summed E-state index contributed by atoms with van der Waals surface area (Å²) in [5.74, 6) is -0.637. The van der Waals surface area contributed by atoms with E-state index in [1.807, 2.05) is 30.3 Å². The fourth-order valence-corrected chi connectivity index (χ4v) is 2.52. The second-order valence-corrected chi connectivity index (χ2v) is 5.16. The Morgan fingerprint density at radius 2 is 1.79 bits per heavy atom. The third-order valence-electron chi connectivity index (χ3n) is 3.47. The fourth-order valence-electron chi connectivity index (χ4n) is 2.43. The minimum atomic E-state index is -0.928. The van der Waals surface area contributed by atoms with Crippen LogP contribution in [0.25, 0.3) is 0 Å². The Morgan fingerprint density at radius 3 is 2.32 bits per heavy atom. The molecule has 1 fully saturated rings. The SMILES string of the molecule is CN1CCC(N(C(=O)C(=O)Cl)c2ccccc2)CC1. The molecule has 1 aromatic rings. The Kier molecular flexibility index (Phi) is 4.56. The van der Waals surface area contributed by atoms with E-state index in [1.54, 1.807) is 4.90 Å². The van der Waals surface area contributed by atoms with Crippen molar-refractivity contribution >= 4 is 28.4 Å². The number of likely N-dealkylation sites (tertiary alicyclic amines) is 1. The standard InChI is InChI=1S/C14H17ClN2O2/c1-16-9-7-12(8-10-16)17(14(19)13(15)18)11-5-3-2-4-6-11/h2-6,12H,7-10H2,1H3. The molecule has 0 aromatic heterocycles. The molecule has 2 rings (SSSR count). The van der Waals surface area contributed by atoms with Crippen molar-refractivity contribution in [3.63, 3.8) is 0 Å². The number of rotatable bonds is 3. The Bertz CT molecular complexity index is 456. The lowest BCUT2D eigenvalue weighted by molar-refractivity contribution is -0.132. The van der Waals surface area contributed by atoms with Gasteiger partial charge in [-0.25, -0.2) is 0 Å². The summed E-state index contributed by atoms with van der Waals surface area (Å²) in [6, 6.07) is 9.27. The number of para-hydroxylation sites is 1. The summed E-state index contributed by atoms with van der Waals surface area (Å²) in [5, 5.41) is -0.928. The zero-order valence-electron chi connectivity index (χ0n) is 10.9. The van der Waals surface area contributed by atoms with Crippen LogP contribution >= 0.6 is 11.6 Å². The average Bonchev–Trinajstić information content (AvgIpc) is 2.42. The zero-order valence-corrected chi connectivity index (χ0v) is 11.6. The van der Waals surface area contributed by atoms with E-state index < -0.39 is 11.1 Å². The first-order valence-corrected chi connectivity index (χ1v) is 6.74. The number of benzene rings is 1. The van der Waals surface area contributed by atoms with Crippen molar-refractivity contribution in [3.8, 4) is 0 Å². The molecule has 1 saturated heterocycles. The van der Waals surface area contributed by atoms with Crippen molar-refractivity contribution in [2.75, 3.05) is 25.0 Å². The van der Waals surface area contributed by atoms with Crippen molar-refractivity contribution in [1.29, 1.82) is 0 Å². The van der Waals surface area contributed by atoms with E-state index in [4.69, 9.17) is 11.6 Å². The number of carbonyl (C=O) groups excluding carboxylic acids is 2. The van der Waals surface area contributed by atoms with Gasteiger partial charge in [0.2, 0.25) is 0 Å². The summed E-state index contributed by atoms with van der Waals surface area (Å²) in [7, 11) is 2.05. The predicted octanol–water partition coefficient (Wildman–Crippen LogP) is 1.88. The van der Waals surface area contributed by atoms with Gasteiger partial charge in [0.15, 0.2) is 0 Å². The van der Waals surface area contributed by atoms with E-state index in [2.05, 4.69) is 11.9 Å². The number of hydrogen-bond donors (Lipinski definition) is 0. The highest BCUT2D eigenvalue weighted by Gasteiger charge is 2.30. The molecule has 5 heteroatoms. The van der Waals surface area contributed by atoms with Gasteiger partial charge in [0, 0.05) is 11.7 Å². The van der Waals surface area contributed by atoms with Crippen molar-refractivity contribution in [2.45, 2.75) is 18.9 Å². The summed E-state index contributed by atoms with van der Waals surface area (Å²) in [4.78, 5) is 27.0. The lowest BCUT2D eigenvalue weighted by atomic mass is 10.0. The number of amides is 1. The molecule has 0 spiro atoms. The highest BCUT2D eigenvalue weighted by molar-refractivity contribution is 6.82. The summed E-state index contributed by atoms with van der Waals surface area (Å²) in [6.07, 6.45) is 1.70. The van der Waals surface area contributed by atoms with E-state index in [0.717, 1.165) is 31.6 Å². The number of halogens is 1. The topological polar surface area (TPSA) is 40.6 Å². The maximum Gasteiger partial charge on any atom is 0.311 e. The molecule has 1 aliphatic heterocycles. The third kappa shape index (κ3) is 3.33. The van der Waals surface area contributed by atoms with Crippen molar-refractivity contribution in [3.05, 3.63) is 30.3 Å². The van der Waals surface area contributed by atoms with Gasteiger partial charge in [-0.2, -0.15) is 0 Å². The molecule has 1 amide bonds. The van der Waals surface area contributed by atoms with Gasteiger partial charge in [0.05, 0.1) is 0 Å². The van der Waals surface area contributed by atoms with Gasteiger partial charge in [0.1, 0.15) is 0 Å². The molecule has 0 bridgehead atoms. The van der Waals surface area contributed by atoms with Gasteiger partial charge in [0.25, 0.3) is 0 Å². The maximum atomic E-state index is 12.1. The van der Waals surface area contributed by atoms with E-state index >= 15 is 0 Å². The summed E-state index contributed by atoms with van der Waals surface area (Å²) in [6.45, 7) is 1.83. The van der Waals surface area contributed by atoms with Crippen LogP contribution in [0, 0.1) is 0 Å². The van der Waals surface area contributed by atoms with Crippen molar-refractivity contribution in [2.24, 2.45) is 0 Å². The molecule has 1 heterocycles. The Morgan fingerprint density at radius 1 is 1.21 bits per heavy atom. The molecule has 0 N–H and O–H groups in total. The van der Waals surface area contributed by atoms with Crippen LogP contribution in [0.3, 0.4) is 0 Å². The van der Waals surface area contributed by atoms with Crippen LogP contribution in [0.2, 0.25) is 0 Å². The first-order valence-electron chi connectivity index (χ1n) is 6.36. The van der Waals surface area contributed by atoms with Crippen molar-refractivity contribution < 1.29 is 9.59 Å². The zero-order chi connectivity index (χ0) is 13.8. The van der Waals surface area contributed by atoms with Gasteiger partial charge in [-0.1, -0.05) is 18.2 Å². The quantitative estimate of drug-likeness (QED) is 0.627. The summed E-state index contributed by atoms with van der Waals surface area (Å²) in [5.41, 5.74) is 0.732. The lowest BCUT2D eigenvalue weighted by Gasteiger charge is -2.36. The first-order chi connectivity index (χ1) is 9.09. The molecule has 102 valence electrons. The van der Waals surface area contributed by atoms with Crippen LogP contribution in [0.15, 0.2) is 30.3 Å². The second kappa shape index (κ2) is 6.17. The maximum absolute atomic E-state index is 12.1. The smallest absolute Gasteiger partial charge is 0.306 e. The fraction of sp³-hybridized carbons (Fsp3) is 0.429. The van der Waals surface area contributed by atoms with E-state index in [1.165, 1.54) is 0 Å². The molecule has 0 atom stereocenters. The normalized spacial score (nSPS) is 17.2. The van der Waals surface area contributed by atoms with Gasteiger partial charge in [-0.15, -0.1) is 0 Å². The second-order valence-electron chi connectivity index (χ2n) is 4.82. The van der Waals surface area contributed by atoms with Crippen LogP contribution in [0.5, 0.6) is 0 Å². The van der Waals surface area contributed by atoms with Crippen molar-refractivity contribution in [1.82, 2.24) is 4.90 Å². The van der Waals surface area contributed by atoms with Gasteiger partial charge < -0.3 is 9.80 Å². The Labute approximate surface area is 117 Å². The third-order valence-corrected chi connectivity index (χ3v) is 3.64.